The second-order valence-electron chi connectivity index (χ2n) is 4.81. The van der Waals surface area contributed by atoms with Gasteiger partial charge in [-0.3, -0.25) is 0 Å². The molecule has 0 saturated carbocycles. The van der Waals surface area contributed by atoms with Gasteiger partial charge in [0.05, 0.1) is 10.6 Å². The fourth-order valence-corrected chi connectivity index (χ4v) is 2.03. The molecule has 1 heterocycles. The van der Waals surface area contributed by atoms with Crippen LogP contribution in [-0.4, -0.2) is 22.8 Å². The van der Waals surface area contributed by atoms with Crippen molar-refractivity contribution in [1.29, 1.82) is 0 Å². The van der Waals surface area contributed by atoms with Crippen molar-refractivity contribution in [1.82, 2.24) is 15.5 Å². The molecule has 6 heteroatoms. The van der Waals surface area contributed by atoms with Crippen molar-refractivity contribution in [3.63, 3.8) is 0 Å². The lowest BCUT2D eigenvalue weighted by Gasteiger charge is -2.05. The number of hydrogen-bond donors (Lipinski definition) is 1. The Morgan fingerprint density at radius 1 is 1.35 bits per heavy atom. The molecule has 0 aliphatic carbocycles. The number of nitrogens with one attached hydrogen (secondary N) is 1. The van der Waals surface area contributed by atoms with E-state index in [4.69, 9.17) is 16.0 Å². The summed E-state index contributed by atoms with van der Waals surface area (Å²) in [5.74, 6) is 0.152. The summed E-state index contributed by atoms with van der Waals surface area (Å²) >= 11 is 5.96. The number of halogens is 2. The molecule has 0 amide bonds. The van der Waals surface area contributed by atoms with E-state index in [2.05, 4.69) is 29.4 Å². The van der Waals surface area contributed by atoms with Crippen molar-refractivity contribution >= 4 is 11.6 Å². The van der Waals surface area contributed by atoms with Crippen LogP contribution in [0.1, 0.15) is 26.2 Å². The molecule has 108 valence electrons. The van der Waals surface area contributed by atoms with Gasteiger partial charge in [-0.1, -0.05) is 31.5 Å². The van der Waals surface area contributed by atoms with Gasteiger partial charge < -0.3 is 9.73 Å². The number of aryl methyl sites for hydroxylation is 1. The van der Waals surface area contributed by atoms with Crippen molar-refractivity contribution in [3.8, 4) is 11.5 Å². The van der Waals surface area contributed by atoms with E-state index < -0.39 is 5.82 Å². The normalized spacial score (nSPS) is 11.2. The Balaban J connectivity index is 2.02. The summed E-state index contributed by atoms with van der Waals surface area (Å²) in [6.45, 7) is 5.05. The first-order valence-corrected chi connectivity index (χ1v) is 6.96. The first-order valence-electron chi connectivity index (χ1n) is 6.58. The molecule has 0 saturated heterocycles. The average Bonchev–Trinajstić information content (AvgIpc) is 2.83. The Morgan fingerprint density at radius 3 is 2.85 bits per heavy atom. The van der Waals surface area contributed by atoms with E-state index in [-0.39, 0.29) is 16.5 Å². The lowest BCUT2D eigenvalue weighted by atomic mass is 10.2. The molecule has 2 aromatic rings. The van der Waals surface area contributed by atoms with Crippen molar-refractivity contribution < 1.29 is 8.81 Å². The maximum Gasteiger partial charge on any atom is 0.252 e. The van der Waals surface area contributed by atoms with Crippen LogP contribution in [0, 0.1) is 5.82 Å². The SMILES string of the molecule is CC(C)NCCCc1nnc(-c2c(F)cccc2Cl)o1. The van der Waals surface area contributed by atoms with E-state index in [1.54, 1.807) is 6.07 Å². The molecule has 1 aromatic heterocycles. The van der Waals surface area contributed by atoms with Crippen molar-refractivity contribution in [2.75, 3.05) is 6.54 Å². The largest absolute Gasteiger partial charge is 0.421 e. The highest BCUT2D eigenvalue weighted by molar-refractivity contribution is 6.33. The third-order valence-corrected chi connectivity index (χ3v) is 3.08. The zero-order chi connectivity index (χ0) is 14.5. The Bertz CT molecular complexity index is 551. The summed E-state index contributed by atoms with van der Waals surface area (Å²) in [7, 11) is 0. The predicted molar refractivity (Wildman–Crippen MR) is 76.2 cm³/mol. The van der Waals surface area contributed by atoms with E-state index in [0.29, 0.717) is 18.4 Å². The quantitative estimate of drug-likeness (QED) is 0.830. The molecule has 0 radical (unpaired) electrons. The standard InChI is InChI=1S/C14H17ClFN3O/c1-9(2)17-8-4-7-12-18-19-14(20-12)13-10(15)5-3-6-11(13)16/h3,5-6,9,17H,4,7-8H2,1-2H3. The predicted octanol–water partition coefficient (Wildman–Crippen LogP) is 3.46. The van der Waals surface area contributed by atoms with Crippen LogP contribution in [0.5, 0.6) is 0 Å². The fraction of sp³-hybridized carbons (Fsp3) is 0.429. The minimum atomic E-state index is -0.464. The molecule has 1 N–H and O–H groups in total. The second-order valence-corrected chi connectivity index (χ2v) is 5.22. The third kappa shape index (κ3) is 3.77. The van der Waals surface area contributed by atoms with Crippen molar-refractivity contribution in [2.24, 2.45) is 0 Å². The Kier molecular flexibility index (Phi) is 5.09. The number of benzene rings is 1. The Hall–Kier alpha value is -1.46. The minimum Gasteiger partial charge on any atom is -0.421 e. The van der Waals surface area contributed by atoms with Crippen LogP contribution in [0.3, 0.4) is 0 Å². The fourth-order valence-electron chi connectivity index (χ4n) is 1.79. The van der Waals surface area contributed by atoms with Crippen molar-refractivity contribution in [3.05, 3.63) is 34.9 Å². The van der Waals surface area contributed by atoms with Gasteiger partial charge in [0.1, 0.15) is 5.82 Å². The second kappa shape index (κ2) is 6.81. The molecule has 20 heavy (non-hydrogen) atoms. The van der Waals surface area contributed by atoms with Gasteiger partial charge in [-0.15, -0.1) is 10.2 Å². The lowest BCUT2D eigenvalue weighted by molar-refractivity contribution is 0.481. The van der Waals surface area contributed by atoms with Gasteiger partial charge >= 0.3 is 0 Å². The smallest absolute Gasteiger partial charge is 0.252 e. The van der Waals surface area contributed by atoms with Gasteiger partial charge in [-0.25, -0.2) is 4.39 Å². The van der Waals surface area contributed by atoms with Gasteiger partial charge in [0, 0.05) is 12.5 Å². The van der Waals surface area contributed by atoms with Gasteiger partial charge in [0.2, 0.25) is 5.89 Å². The number of aromatic nitrogens is 2. The van der Waals surface area contributed by atoms with E-state index in [1.165, 1.54) is 12.1 Å². The summed E-state index contributed by atoms with van der Waals surface area (Å²) in [5, 5.41) is 11.3. The molecule has 4 nitrogen and oxygen atoms in total. The van der Waals surface area contributed by atoms with E-state index in [1.807, 2.05) is 0 Å². The Labute approximate surface area is 122 Å². The first kappa shape index (κ1) is 14.9. The van der Waals surface area contributed by atoms with E-state index in [0.717, 1.165) is 13.0 Å². The lowest BCUT2D eigenvalue weighted by Crippen LogP contribution is -2.23. The molecule has 0 aliphatic rings. The molecule has 0 spiro atoms. The highest BCUT2D eigenvalue weighted by Gasteiger charge is 2.16. The van der Waals surface area contributed by atoms with Crippen LogP contribution >= 0.6 is 11.6 Å². The minimum absolute atomic E-state index is 0.125. The molecule has 0 unspecified atom stereocenters. The highest BCUT2D eigenvalue weighted by atomic mass is 35.5. The maximum absolute atomic E-state index is 13.7. The van der Waals surface area contributed by atoms with Crippen LogP contribution in [0.15, 0.2) is 22.6 Å². The monoisotopic (exact) mass is 297 g/mol. The van der Waals surface area contributed by atoms with Crippen LogP contribution in [-0.2, 0) is 6.42 Å². The molecular weight excluding hydrogens is 281 g/mol. The topological polar surface area (TPSA) is 51.0 Å². The van der Waals surface area contributed by atoms with E-state index >= 15 is 0 Å². The van der Waals surface area contributed by atoms with Crippen LogP contribution in [0.4, 0.5) is 4.39 Å². The van der Waals surface area contributed by atoms with Gasteiger partial charge in [-0.2, -0.15) is 0 Å². The molecular formula is C14H17ClFN3O. The van der Waals surface area contributed by atoms with Crippen LogP contribution in [0.2, 0.25) is 5.02 Å². The zero-order valence-corrected chi connectivity index (χ0v) is 12.2. The summed E-state index contributed by atoms with van der Waals surface area (Å²) in [6.07, 6.45) is 1.53. The number of hydrogen-bond acceptors (Lipinski definition) is 4. The van der Waals surface area contributed by atoms with Crippen LogP contribution < -0.4 is 5.32 Å². The highest BCUT2D eigenvalue weighted by Crippen LogP contribution is 2.29. The zero-order valence-electron chi connectivity index (χ0n) is 11.5. The average molecular weight is 298 g/mol. The van der Waals surface area contributed by atoms with Gasteiger partial charge in [0.15, 0.2) is 0 Å². The van der Waals surface area contributed by atoms with Gasteiger partial charge in [0.25, 0.3) is 5.89 Å². The molecule has 0 aliphatic heterocycles. The first-order chi connectivity index (χ1) is 9.58. The number of rotatable bonds is 6. The third-order valence-electron chi connectivity index (χ3n) is 2.76. The van der Waals surface area contributed by atoms with Gasteiger partial charge in [-0.05, 0) is 25.1 Å². The summed E-state index contributed by atoms with van der Waals surface area (Å²) in [5.41, 5.74) is 0.160. The molecule has 1 aromatic carbocycles. The molecule has 0 fully saturated rings. The van der Waals surface area contributed by atoms with Crippen LogP contribution in [0.25, 0.3) is 11.5 Å². The maximum atomic E-state index is 13.7. The molecule has 2 rings (SSSR count). The molecule has 0 atom stereocenters. The summed E-state index contributed by atoms with van der Waals surface area (Å²) in [6, 6.07) is 4.90. The molecule has 0 bridgehead atoms. The van der Waals surface area contributed by atoms with Crippen molar-refractivity contribution in [2.45, 2.75) is 32.7 Å². The summed E-state index contributed by atoms with van der Waals surface area (Å²) < 4.78 is 19.2. The Morgan fingerprint density at radius 2 is 2.15 bits per heavy atom. The van der Waals surface area contributed by atoms with E-state index in [9.17, 15) is 4.39 Å². The summed E-state index contributed by atoms with van der Waals surface area (Å²) in [4.78, 5) is 0. The number of nitrogens with zero attached hydrogens (tertiary/aromatic N) is 2.